The summed E-state index contributed by atoms with van der Waals surface area (Å²) in [5.74, 6) is -0.682. The van der Waals surface area contributed by atoms with E-state index in [-0.39, 0.29) is 23.2 Å². The maximum Gasteiger partial charge on any atom is 0.343 e. The number of halogens is 1. The number of nitrogens with one attached hydrogen (secondary N) is 2. The van der Waals surface area contributed by atoms with E-state index in [4.69, 9.17) is 16.3 Å². The number of aromatic nitrogens is 2. The molecule has 0 aliphatic heterocycles. The lowest BCUT2D eigenvalue weighted by Gasteiger charge is -2.33. The van der Waals surface area contributed by atoms with Gasteiger partial charge in [0.1, 0.15) is 16.2 Å². The Bertz CT molecular complexity index is 859. The molecule has 2 aromatic rings. The van der Waals surface area contributed by atoms with E-state index in [9.17, 15) is 9.59 Å². The number of amides is 1. The summed E-state index contributed by atoms with van der Waals surface area (Å²) in [6.07, 6.45) is 4.36. The Labute approximate surface area is 170 Å². The predicted molar refractivity (Wildman–Crippen MR) is 111 cm³/mol. The van der Waals surface area contributed by atoms with Gasteiger partial charge in [-0.1, -0.05) is 31.4 Å². The van der Waals surface area contributed by atoms with Crippen LogP contribution in [0.15, 0.2) is 18.3 Å². The number of rotatable bonds is 9. The molecule has 7 nitrogen and oxygen atoms in total. The van der Waals surface area contributed by atoms with Crippen molar-refractivity contribution in [1.82, 2.24) is 15.3 Å². The summed E-state index contributed by atoms with van der Waals surface area (Å²) in [5, 5.41) is 6.35. The van der Waals surface area contributed by atoms with Crippen LogP contribution in [-0.2, 0) is 9.53 Å². The van der Waals surface area contributed by atoms with Crippen LogP contribution >= 0.6 is 11.6 Å². The molecular weight excluding hydrogens is 380 g/mol. The van der Waals surface area contributed by atoms with Crippen molar-refractivity contribution >= 4 is 40.2 Å². The van der Waals surface area contributed by atoms with Gasteiger partial charge in [0.15, 0.2) is 0 Å². The first kappa shape index (κ1) is 21.9. The fourth-order valence-electron chi connectivity index (χ4n) is 2.96. The number of hydrogen-bond donors (Lipinski definition) is 2. The molecule has 0 spiro atoms. The number of fused-ring (bicyclic) bond motifs is 1. The van der Waals surface area contributed by atoms with Gasteiger partial charge in [0.2, 0.25) is 5.91 Å². The van der Waals surface area contributed by atoms with Crippen molar-refractivity contribution in [3.8, 4) is 0 Å². The number of unbranched alkanes of at least 4 members (excludes halogenated alkanes) is 1. The second-order valence-electron chi connectivity index (χ2n) is 6.94. The number of nitrogens with zero attached hydrogens (tertiary/aromatic N) is 2. The van der Waals surface area contributed by atoms with E-state index in [1.165, 1.54) is 6.92 Å². The quantitative estimate of drug-likeness (QED) is 0.483. The molecule has 0 bridgehead atoms. The molecule has 0 saturated carbocycles. The van der Waals surface area contributed by atoms with Crippen LogP contribution in [0.1, 0.15) is 57.3 Å². The van der Waals surface area contributed by atoms with Crippen LogP contribution in [0.3, 0.4) is 0 Å². The molecule has 0 aliphatic rings. The monoisotopic (exact) mass is 406 g/mol. The molecule has 0 saturated heterocycles. The van der Waals surface area contributed by atoms with Crippen molar-refractivity contribution in [2.45, 2.75) is 52.5 Å². The zero-order valence-electron chi connectivity index (χ0n) is 16.8. The van der Waals surface area contributed by atoms with Crippen molar-refractivity contribution in [2.75, 3.05) is 18.5 Å². The molecule has 0 fully saturated rings. The van der Waals surface area contributed by atoms with Gasteiger partial charge in [0.25, 0.3) is 0 Å². The topological polar surface area (TPSA) is 93.2 Å². The number of pyridine rings is 2. The Kier molecular flexibility index (Phi) is 7.57. The molecule has 2 N–H and O–H groups in total. The summed E-state index contributed by atoms with van der Waals surface area (Å²) in [4.78, 5) is 32.8. The Morgan fingerprint density at radius 3 is 2.71 bits per heavy atom. The Hall–Kier alpha value is -2.41. The minimum Gasteiger partial charge on any atom is -0.462 e. The van der Waals surface area contributed by atoms with Crippen molar-refractivity contribution in [1.29, 1.82) is 0 Å². The maximum atomic E-state index is 12.6. The Morgan fingerprint density at radius 2 is 2.07 bits per heavy atom. The lowest BCUT2D eigenvalue weighted by Crippen LogP contribution is -2.46. The molecule has 28 heavy (non-hydrogen) atoms. The third-order valence-corrected chi connectivity index (χ3v) is 4.69. The lowest BCUT2D eigenvalue weighted by molar-refractivity contribution is -0.119. The van der Waals surface area contributed by atoms with Crippen LogP contribution < -0.4 is 10.6 Å². The van der Waals surface area contributed by atoms with Crippen LogP contribution in [-0.4, -0.2) is 40.5 Å². The molecule has 2 rings (SSSR count). The van der Waals surface area contributed by atoms with E-state index >= 15 is 0 Å². The molecule has 8 heteroatoms. The molecule has 1 unspecified atom stereocenters. The Balaban J connectivity index is 2.58. The number of esters is 1. The van der Waals surface area contributed by atoms with E-state index in [1.807, 2.05) is 6.92 Å². The smallest absolute Gasteiger partial charge is 0.343 e. The third-order valence-electron chi connectivity index (χ3n) is 4.41. The Morgan fingerprint density at radius 1 is 1.32 bits per heavy atom. The minimum atomic E-state index is -0.563. The summed E-state index contributed by atoms with van der Waals surface area (Å²) in [5.41, 5.74) is 1.21. The molecule has 1 atom stereocenters. The van der Waals surface area contributed by atoms with Gasteiger partial charge in [-0.2, -0.15) is 0 Å². The highest BCUT2D eigenvalue weighted by atomic mass is 35.5. The fourth-order valence-corrected chi connectivity index (χ4v) is 3.22. The largest absolute Gasteiger partial charge is 0.462 e. The highest BCUT2D eigenvalue weighted by Crippen LogP contribution is 2.33. The first-order valence-electron chi connectivity index (χ1n) is 9.45. The van der Waals surface area contributed by atoms with E-state index < -0.39 is 11.5 Å². The summed E-state index contributed by atoms with van der Waals surface area (Å²) >= 11 is 6.35. The van der Waals surface area contributed by atoms with E-state index in [2.05, 4.69) is 27.5 Å². The van der Waals surface area contributed by atoms with Crippen LogP contribution in [0.5, 0.6) is 0 Å². The van der Waals surface area contributed by atoms with Crippen molar-refractivity contribution in [3.63, 3.8) is 0 Å². The molecule has 152 valence electrons. The maximum absolute atomic E-state index is 12.6. The van der Waals surface area contributed by atoms with Gasteiger partial charge in [-0.25, -0.2) is 9.78 Å². The average molecular weight is 407 g/mol. The van der Waals surface area contributed by atoms with Crippen molar-refractivity contribution in [2.24, 2.45) is 0 Å². The highest BCUT2D eigenvalue weighted by molar-refractivity contribution is 6.34. The SMILES string of the molecule is CCCCC(C)(CNC(C)=O)Nc1c(C(=O)OCC)c(Cl)nc2cccnc12. The van der Waals surface area contributed by atoms with E-state index in [1.54, 1.807) is 25.3 Å². The highest BCUT2D eigenvalue weighted by Gasteiger charge is 2.30. The van der Waals surface area contributed by atoms with Gasteiger partial charge in [-0.3, -0.25) is 9.78 Å². The van der Waals surface area contributed by atoms with Gasteiger partial charge in [-0.15, -0.1) is 0 Å². The molecule has 0 aliphatic carbocycles. The number of ether oxygens (including phenoxy) is 1. The zero-order chi connectivity index (χ0) is 20.7. The van der Waals surface area contributed by atoms with Crippen LogP contribution in [0.2, 0.25) is 5.15 Å². The lowest BCUT2D eigenvalue weighted by atomic mass is 9.93. The van der Waals surface area contributed by atoms with Gasteiger partial charge in [-0.05, 0) is 32.4 Å². The second-order valence-corrected chi connectivity index (χ2v) is 7.30. The molecule has 2 aromatic heterocycles. The van der Waals surface area contributed by atoms with Gasteiger partial charge < -0.3 is 15.4 Å². The fraction of sp³-hybridized carbons (Fsp3) is 0.500. The molecule has 0 radical (unpaired) electrons. The van der Waals surface area contributed by atoms with Crippen molar-refractivity contribution < 1.29 is 14.3 Å². The average Bonchev–Trinajstić information content (AvgIpc) is 2.65. The van der Waals surface area contributed by atoms with Gasteiger partial charge in [0.05, 0.1) is 23.3 Å². The van der Waals surface area contributed by atoms with Crippen LogP contribution in [0, 0.1) is 0 Å². The standard InChI is InChI=1S/C20H27ClN4O3/c1-5-7-10-20(4,12-23-13(3)26)25-17-15(19(27)28-6-2)18(21)24-14-9-8-11-22-16(14)17/h8-9,11H,5-7,10,12H2,1-4H3,(H,23,26)(H,24,25). The number of hydrogen-bond acceptors (Lipinski definition) is 6. The minimum absolute atomic E-state index is 0.0545. The zero-order valence-corrected chi connectivity index (χ0v) is 17.5. The second kappa shape index (κ2) is 9.68. The molecular formula is C20H27ClN4O3. The number of anilines is 1. The van der Waals surface area contributed by atoms with E-state index in [0.29, 0.717) is 23.3 Å². The van der Waals surface area contributed by atoms with E-state index in [0.717, 1.165) is 19.3 Å². The molecule has 0 aromatic carbocycles. The number of carbonyl (C=O) groups is 2. The molecule has 1 amide bonds. The van der Waals surface area contributed by atoms with Crippen LogP contribution in [0.25, 0.3) is 11.0 Å². The normalized spacial score (nSPS) is 13.0. The first-order chi connectivity index (χ1) is 13.3. The predicted octanol–water partition coefficient (Wildman–Crippen LogP) is 3.96. The number of carbonyl (C=O) groups excluding carboxylic acids is 2. The third kappa shape index (κ3) is 5.32. The summed E-state index contributed by atoms with van der Waals surface area (Å²) < 4.78 is 5.19. The van der Waals surface area contributed by atoms with Gasteiger partial charge in [0, 0.05) is 19.7 Å². The van der Waals surface area contributed by atoms with Crippen LogP contribution in [0.4, 0.5) is 5.69 Å². The van der Waals surface area contributed by atoms with Crippen molar-refractivity contribution in [3.05, 3.63) is 29.0 Å². The first-order valence-corrected chi connectivity index (χ1v) is 9.83. The summed E-state index contributed by atoms with van der Waals surface area (Å²) in [7, 11) is 0. The molecule has 2 heterocycles. The summed E-state index contributed by atoms with van der Waals surface area (Å²) in [6, 6.07) is 3.54. The summed E-state index contributed by atoms with van der Waals surface area (Å²) in [6.45, 7) is 7.91. The van der Waals surface area contributed by atoms with Gasteiger partial charge >= 0.3 is 5.97 Å².